The molecule has 1 aliphatic heterocycles. The molecule has 1 aromatic heterocycles. The number of anilines is 3. The van der Waals surface area contributed by atoms with Crippen LogP contribution in [-0.4, -0.2) is 66.5 Å². The van der Waals surface area contributed by atoms with Crippen molar-refractivity contribution in [3.63, 3.8) is 0 Å². The van der Waals surface area contributed by atoms with E-state index < -0.39 is 11.9 Å². The molecule has 0 bridgehead atoms. The van der Waals surface area contributed by atoms with Crippen LogP contribution < -0.4 is 20.1 Å². The molecule has 0 unspecified atom stereocenters. The number of aliphatic hydroxyl groups excluding tert-OH is 1. The van der Waals surface area contributed by atoms with Gasteiger partial charge in [-0.1, -0.05) is 0 Å². The van der Waals surface area contributed by atoms with Gasteiger partial charge in [-0.25, -0.2) is 9.37 Å². The molecule has 152 valence electrons. The van der Waals surface area contributed by atoms with E-state index in [1.807, 2.05) is 6.92 Å². The Morgan fingerprint density at radius 1 is 1.32 bits per heavy atom. The molecule has 1 aliphatic rings. The van der Waals surface area contributed by atoms with Crippen LogP contribution in [-0.2, 0) is 0 Å². The van der Waals surface area contributed by atoms with Crippen LogP contribution in [0, 0.1) is 12.7 Å². The zero-order valence-corrected chi connectivity index (χ0v) is 16.3. The lowest BCUT2D eigenvalue weighted by Gasteiger charge is -2.32. The first-order chi connectivity index (χ1) is 13.5. The van der Waals surface area contributed by atoms with Gasteiger partial charge in [0.15, 0.2) is 17.3 Å². The van der Waals surface area contributed by atoms with Gasteiger partial charge in [0.1, 0.15) is 18.5 Å². The molecule has 8 nitrogen and oxygen atoms in total. The lowest BCUT2D eigenvalue weighted by Crippen LogP contribution is -2.43. The Bertz CT molecular complexity index is 816. The average Bonchev–Trinajstić information content (AvgIpc) is 2.64. The minimum Gasteiger partial charge on any atom is -0.493 e. The Morgan fingerprint density at radius 3 is 2.75 bits per heavy atom. The molecule has 0 spiro atoms. The van der Waals surface area contributed by atoms with Crippen molar-refractivity contribution < 1.29 is 19.0 Å². The summed E-state index contributed by atoms with van der Waals surface area (Å²) in [6.45, 7) is 4.24. The van der Waals surface area contributed by atoms with E-state index in [4.69, 9.17) is 9.47 Å². The number of halogens is 1. The Kier molecular flexibility index (Phi) is 6.48. The Labute approximate surface area is 163 Å². The van der Waals surface area contributed by atoms with Crippen LogP contribution in [0.2, 0.25) is 0 Å². The summed E-state index contributed by atoms with van der Waals surface area (Å²) in [4.78, 5) is 10.7. The number of nitrogens with one attached hydrogen (secondary N) is 2. The van der Waals surface area contributed by atoms with E-state index >= 15 is 4.39 Å². The van der Waals surface area contributed by atoms with E-state index in [9.17, 15) is 5.11 Å². The van der Waals surface area contributed by atoms with Crippen molar-refractivity contribution in [2.75, 3.05) is 51.0 Å². The van der Waals surface area contributed by atoms with E-state index in [1.165, 1.54) is 13.2 Å². The van der Waals surface area contributed by atoms with Gasteiger partial charge in [-0.05, 0) is 38.6 Å². The first-order valence-electron chi connectivity index (χ1n) is 9.20. The molecule has 28 heavy (non-hydrogen) atoms. The first-order valence-corrected chi connectivity index (χ1v) is 9.20. The summed E-state index contributed by atoms with van der Waals surface area (Å²) >= 11 is 0. The maximum Gasteiger partial charge on any atom is 0.229 e. The van der Waals surface area contributed by atoms with E-state index in [0.29, 0.717) is 12.4 Å². The van der Waals surface area contributed by atoms with E-state index in [0.717, 1.165) is 25.2 Å². The number of aryl methyl sites for hydroxylation is 1. The average molecular weight is 391 g/mol. The molecule has 1 fully saturated rings. The van der Waals surface area contributed by atoms with Crippen molar-refractivity contribution in [2.45, 2.75) is 19.4 Å². The quantitative estimate of drug-likeness (QED) is 0.599. The second-order valence-corrected chi connectivity index (χ2v) is 6.67. The number of benzene rings is 1. The fourth-order valence-corrected chi connectivity index (χ4v) is 2.90. The highest BCUT2D eigenvalue weighted by atomic mass is 19.1. The zero-order chi connectivity index (χ0) is 20.1. The second-order valence-electron chi connectivity index (χ2n) is 6.67. The van der Waals surface area contributed by atoms with Gasteiger partial charge in [0.25, 0.3) is 0 Å². The van der Waals surface area contributed by atoms with E-state index in [-0.39, 0.29) is 29.7 Å². The normalized spacial score (nSPS) is 14.9. The third kappa shape index (κ3) is 4.79. The third-order valence-electron chi connectivity index (χ3n) is 4.48. The molecule has 0 radical (unpaired) electrons. The predicted molar refractivity (Wildman–Crippen MR) is 105 cm³/mol. The summed E-state index contributed by atoms with van der Waals surface area (Å²) in [6, 6.07) is 4.91. The van der Waals surface area contributed by atoms with Gasteiger partial charge in [0, 0.05) is 25.4 Å². The maximum atomic E-state index is 15.0. The van der Waals surface area contributed by atoms with Gasteiger partial charge < -0.3 is 30.1 Å². The molecule has 3 N–H and O–H groups in total. The van der Waals surface area contributed by atoms with E-state index in [2.05, 4.69) is 25.5 Å². The number of nitrogens with zero attached hydrogens (tertiary/aromatic N) is 3. The summed E-state index contributed by atoms with van der Waals surface area (Å²) in [5.74, 6) is 0.440. The first kappa shape index (κ1) is 20.1. The highest BCUT2D eigenvalue weighted by Gasteiger charge is 2.21. The van der Waals surface area contributed by atoms with Gasteiger partial charge in [0.2, 0.25) is 5.95 Å². The van der Waals surface area contributed by atoms with Gasteiger partial charge >= 0.3 is 0 Å². The zero-order valence-electron chi connectivity index (χ0n) is 16.3. The van der Waals surface area contributed by atoms with Crippen LogP contribution in [0.15, 0.2) is 18.2 Å². The lowest BCUT2D eigenvalue weighted by molar-refractivity contribution is 0.0450. The number of aromatic nitrogens is 2. The molecular weight excluding hydrogens is 365 g/mol. The summed E-state index contributed by atoms with van der Waals surface area (Å²) in [6.07, 6.45) is 0.430. The Balaban J connectivity index is 1.75. The molecule has 9 heteroatoms. The van der Waals surface area contributed by atoms with Crippen molar-refractivity contribution in [1.29, 1.82) is 0 Å². The molecule has 0 amide bonds. The lowest BCUT2D eigenvalue weighted by atomic mass is 10.2. The monoisotopic (exact) mass is 391 g/mol. The highest BCUT2D eigenvalue weighted by molar-refractivity contribution is 5.62. The highest BCUT2D eigenvalue weighted by Crippen LogP contribution is 2.35. The summed E-state index contributed by atoms with van der Waals surface area (Å²) in [5, 5.41) is 15.9. The fourth-order valence-electron chi connectivity index (χ4n) is 2.90. The Morgan fingerprint density at radius 2 is 2.11 bits per heavy atom. The van der Waals surface area contributed by atoms with Crippen LogP contribution in [0.25, 0.3) is 0 Å². The number of hydrogen-bond donors (Lipinski definition) is 3. The SMILES string of the molecule is CNc1cc(C)nc(Nc2ccc(OC)c(OC[C@H](O)CN3CCC3)c2F)n1. The number of hydrogen-bond acceptors (Lipinski definition) is 8. The predicted octanol–water partition coefficient (Wildman–Crippen LogP) is 2.16. The van der Waals surface area contributed by atoms with Crippen molar-refractivity contribution >= 4 is 17.5 Å². The van der Waals surface area contributed by atoms with Crippen molar-refractivity contribution in [2.24, 2.45) is 0 Å². The molecule has 1 saturated heterocycles. The van der Waals surface area contributed by atoms with Crippen LogP contribution >= 0.6 is 0 Å². The summed E-state index contributed by atoms with van der Waals surface area (Å²) in [5.41, 5.74) is 0.891. The van der Waals surface area contributed by atoms with Crippen LogP contribution in [0.5, 0.6) is 11.5 Å². The third-order valence-corrected chi connectivity index (χ3v) is 4.48. The van der Waals surface area contributed by atoms with Crippen LogP contribution in [0.3, 0.4) is 0 Å². The molecule has 1 aromatic carbocycles. The topological polar surface area (TPSA) is 91.8 Å². The minimum atomic E-state index is -0.709. The molecule has 3 rings (SSSR count). The standard InChI is InChI=1S/C19H26FN5O3/c1-12-9-16(21-2)24-19(22-12)23-14-5-6-15(27-3)18(17(14)20)28-11-13(26)10-25-7-4-8-25/h5-6,9,13,26H,4,7-8,10-11H2,1-3H3,(H2,21,22,23,24)/t13-/m1/s1. The maximum absolute atomic E-state index is 15.0. The van der Waals surface area contributed by atoms with Crippen LogP contribution in [0.1, 0.15) is 12.1 Å². The summed E-state index contributed by atoms with van der Waals surface area (Å²) in [7, 11) is 3.19. The van der Waals surface area contributed by atoms with Crippen molar-refractivity contribution in [1.82, 2.24) is 14.9 Å². The van der Waals surface area contributed by atoms with Crippen molar-refractivity contribution in [3.05, 3.63) is 29.7 Å². The molecule has 2 heterocycles. The number of likely N-dealkylation sites (tertiary alicyclic amines) is 1. The fraction of sp³-hybridized carbons (Fsp3) is 0.474. The van der Waals surface area contributed by atoms with Crippen LogP contribution in [0.4, 0.5) is 21.8 Å². The smallest absolute Gasteiger partial charge is 0.229 e. The number of aliphatic hydroxyl groups is 1. The molecule has 0 saturated carbocycles. The van der Waals surface area contributed by atoms with Gasteiger partial charge in [-0.2, -0.15) is 4.98 Å². The van der Waals surface area contributed by atoms with Gasteiger partial charge in [-0.15, -0.1) is 0 Å². The largest absolute Gasteiger partial charge is 0.493 e. The Hall–Kier alpha value is -2.65. The number of rotatable bonds is 9. The number of β-amino-alcohol motifs (C(OH)–C–C–N with tert-alkyl or cyclic N) is 1. The molecular formula is C19H26FN5O3. The van der Waals surface area contributed by atoms with Crippen molar-refractivity contribution in [3.8, 4) is 11.5 Å². The molecule has 1 atom stereocenters. The number of ether oxygens (including phenoxy) is 2. The molecule has 2 aromatic rings. The van der Waals surface area contributed by atoms with Gasteiger partial charge in [-0.3, -0.25) is 0 Å². The van der Waals surface area contributed by atoms with E-state index in [1.54, 1.807) is 19.2 Å². The van der Waals surface area contributed by atoms with Gasteiger partial charge in [0.05, 0.1) is 12.8 Å². The molecule has 0 aliphatic carbocycles. The minimum absolute atomic E-state index is 0.0297. The number of methoxy groups -OCH3 is 1. The summed E-state index contributed by atoms with van der Waals surface area (Å²) < 4.78 is 25.8. The second kappa shape index (κ2) is 9.03.